The minimum absolute atomic E-state index is 0.00473. The van der Waals surface area contributed by atoms with Gasteiger partial charge in [-0.2, -0.15) is 5.26 Å². The summed E-state index contributed by atoms with van der Waals surface area (Å²) in [6.07, 6.45) is 1.31. The summed E-state index contributed by atoms with van der Waals surface area (Å²) >= 11 is 0. The van der Waals surface area contributed by atoms with Crippen molar-refractivity contribution in [3.8, 4) is 17.2 Å². The average molecular weight is 242 g/mol. The highest BCUT2D eigenvalue weighted by atomic mass is 16.5. The lowest BCUT2D eigenvalue weighted by Crippen LogP contribution is -2.03. The average Bonchev–Trinajstić information content (AvgIpc) is 2.53. The van der Waals surface area contributed by atoms with Crippen LogP contribution in [0.5, 0.6) is 0 Å². The van der Waals surface area contributed by atoms with Crippen LogP contribution in [-0.2, 0) is 4.74 Å². The van der Waals surface area contributed by atoms with E-state index in [9.17, 15) is 4.79 Å². The summed E-state index contributed by atoms with van der Waals surface area (Å²) in [4.78, 5) is 15.3. The van der Waals surface area contributed by atoms with Crippen LogP contribution in [-0.4, -0.2) is 18.1 Å². The van der Waals surface area contributed by atoms with Gasteiger partial charge < -0.3 is 4.74 Å². The van der Waals surface area contributed by atoms with Gasteiger partial charge in [0.05, 0.1) is 24.2 Å². The number of carbonyl (C=O) groups is 1. The number of ether oxygens (including phenoxy) is 1. The summed E-state index contributed by atoms with van der Waals surface area (Å²) in [5.74, 6) is -0.677. The second-order valence-electron chi connectivity index (χ2n) is 3.28. The van der Waals surface area contributed by atoms with E-state index in [1.807, 2.05) is 0 Å². The van der Waals surface area contributed by atoms with Crippen LogP contribution in [0.2, 0.25) is 0 Å². The highest BCUT2D eigenvalue weighted by Gasteiger charge is 2.08. The summed E-state index contributed by atoms with van der Waals surface area (Å²) in [5, 5.41) is 9.05. The number of nitriles is 1. The molecule has 0 unspecified atom stereocenters. The number of pyridine rings is 1. The molecule has 0 aliphatic carbocycles. The van der Waals surface area contributed by atoms with E-state index in [2.05, 4.69) is 9.72 Å². The molecule has 2 rings (SSSR count). The van der Waals surface area contributed by atoms with Gasteiger partial charge in [0.15, 0.2) is 0 Å². The quantitative estimate of drug-likeness (QED) is 0.758. The Labute approximate surface area is 110 Å². The maximum atomic E-state index is 11.5. The van der Waals surface area contributed by atoms with Crippen molar-refractivity contribution in [3.63, 3.8) is 0 Å². The zero-order chi connectivity index (χ0) is 16.4. The summed E-state index contributed by atoms with van der Waals surface area (Å²) in [6.45, 7) is 0. The predicted octanol–water partition coefficient (Wildman–Crippen LogP) is 2.41. The highest BCUT2D eigenvalue weighted by molar-refractivity contribution is 5.88. The lowest BCUT2D eigenvalue weighted by molar-refractivity contribution is 0.0594. The number of nitrogens with zero attached hydrogens (tertiary/aromatic N) is 2. The van der Waals surface area contributed by atoms with E-state index >= 15 is 0 Å². The van der Waals surface area contributed by atoms with Crippen molar-refractivity contribution in [1.29, 1.82) is 5.26 Å². The van der Waals surface area contributed by atoms with Gasteiger partial charge in [-0.1, -0.05) is 12.1 Å². The molecule has 0 aliphatic heterocycles. The molecule has 0 N–H and O–H groups in total. The Hall–Kier alpha value is -2.67. The molecule has 0 saturated carbocycles. The number of methoxy groups -OCH3 is 1. The molecule has 88 valence electrons. The molecule has 2 aromatic rings. The van der Waals surface area contributed by atoms with Crippen molar-refractivity contribution in [1.82, 2.24) is 4.98 Å². The largest absolute Gasteiger partial charge is 0.464 e. The van der Waals surface area contributed by atoms with Gasteiger partial charge in [-0.3, -0.25) is 0 Å². The topological polar surface area (TPSA) is 63.0 Å². The summed E-state index contributed by atoms with van der Waals surface area (Å²) in [6, 6.07) is 2.91. The molecule has 0 saturated heterocycles. The number of rotatable bonds is 2. The molecule has 4 nitrogen and oxygen atoms in total. The van der Waals surface area contributed by atoms with E-state index in [-0.39, 0.29) is 34.5 Å². The fraction of sp³-hybridized carbons (Fsp3) is 0.0714. The molecule has 0 bridgehead atoms. The first kappa shape index (κ1) is 7.62. The van der Waals surface area contributed by atoms with Crippen LogP contribution in [0.4, 0.5) is 0 Å². The predicted molar refractivity (Wildman–Crippen MR) is 65.7 cm³/mol. The molecule has 1 heterocycles. The summed E-state index contributed by atoms with van der Waals surface area (Å²) < 4.78 is 35.9. The van der Waals surface area contributed by atoms with Gasteiger partial charge in [0, 0.05) is 6.20 Å². The second kappa shape index (κ2) is 5.11. The fourth-order valence-corrected chi connectivity index (χ4v) is 1.35. The monoisotopic (exact) mass is 242 g/mol. The molecule has 18 heavy (non-hydrogen) atoms. The van der Waals surface area contributed by atoms with Crippen LogP contribution in [0.15, 0.2) is 42.5 Å². The fourth-order valence-electron chi connectivity index (χ4n) is 1.35. The van der Waals surface area contributed by atoms with Crippen LogP contribution in [0.1, 0.15) is 21.5 Å². The maximum absolute atomic E-state index is 11.5. The van der Waals surface area contributed by atoms with Gasteiger partial charge in [0.1, 0.15) is 5.69 Å². The Bertz CT molecular complexity index is 815. The highest BCUT2D eigenvalue weighted by Crippen LogP contribution is 2.20. The Balaban J connectivity index is 2.76. The lowest BCUT2D eigenvalue weighted by Gasteiger charge is -2.04. The summed E-state index contributed by atoms with van der Waals surface area (Å²) in [5.41, 5.74) is -0.00767. The minimum atomic E-state index is -0.677. The van der Waals surface area contributed by atoms with E-state index in [0.29, 0.717) is 0 Å². The van der Waals surface area contributed by atoms with E-state index in [4.69, 9.17) is 10.7 Å². The van der Waals surface area contributed by atoms with E-state index in [1.165, 1.54) is 25.4 Å². The molecule has 4 heteroatoms. The zero-order valence-corrected chi connectivity index (χ0v) is 9.44. The van der Waals surface area contributed by atoms with Crippen molar-refractivity contribution < 1.29 is 15.0 Å². The SMILES string of the molecule is [2H]c1c([2H])c(C#N)c([2H])c(-c2ccnc(C(=O)OC)c2)c1[2H]. The van der Waals surface area contributed by atoms with Gasteiger partial charge in [-0.15, -0.1) is 0 Å². The first-order valence-electron chi connectivity index (χ1n) is 6.97. The second-order valence-corrected chi connectivity index (χ2v) is 3.28. The third-order valence-corrected chi connectivity index (χ3v) is 2.18. The normalized spacial score (nSPS) is 12.7. The minimum Gasteiger partial charge on any atom is -0.464 e. The van der Waals surface area contributed by atoms with E-state index in [0.717, 1.165) is 0 Å². The molecular formula is C14H10N2O2. The van der Waals surface area contributed by atoms with Gasteiger partial charge in [-0.25, -0.2) is 9.78 Å². The molecule has 0 radical (unpaired) electrons. The van der Waals surface area contributed by atoms with Crippen molar-refractivity contribution in [2.75, 3.05) is 7.11 Å². The third kappa shape index (κ3) is 2.36. The molecule has 0 amide bonds. The molecule has 0 spiro atoms. The number of hydrogen-bond acceptors (Lipinski definition) is 4. The molecule has 0 aliphatic rings. The van der Waals surface area contributed by atoms with Gasteiger partial charge in [-0.05, 0) is 35.3 Å². The van der Waals surface area contributed by atoms with Crippen LogP contribution >= 0.6 is 0 Å². The lowest BCUT2D eigenvalue weighted by atomic mass is 10.0. The Morgan fingerprint density at radius 1 is 1.50 bits per heavy atom. The van der Waals surface area contributed by atoms with Gasteiger partial charge >= 0.3 is 5.97 Å². The Kier molecular flexibility index (Phi) is 2.16. The third-order valence-electron chi connectivity index (χ3n) is 2.18. The van der Waals surface area contributed by atoms with Crippen molar-refractivity contribution >= 4 is 5.97 Å². The molecule has 0 fully saturated rings. The molecule has 1 aromatic carbocycles. The first-order chi connectivity index (χ1) is 10.4. The number of esters is 1. The van der Waals surface area contributed by atoms with Gasteiger partial charge in [0.2, 0.25) is 0 Å². The number of carbonyl (C=O) groups excluding carboxylic acids is 1. The molecule has 0 atom stereocenters. The Morgan fingerprint density at radius 3 is 3.06 bits per heavy atom. The Morgan fingerprint density at radius 2 is 2.33 bits per heavy atom. The van der Waals surface area contributed by atoms with Crippen LogP contribution in [0.25, 0.3) is 11.1 Å². The van der Waals surface area contributed by atoms with E-state index < -0.39 is 18.1 Å². The first-order valence-corrected chi connectivity index (χ1v) is 4.97. The zero-order valence-electron chi connectivity index (χ0n) is 13.4. The van der Waals surface area contributed by atoms with E-state index in [1.54, 1.807) is 6.07 Å². The molecular weight excluding hydrogens is 228 g/mol. The smallest absolute Gasteiger partial charge is 0.356 e. The van der Waals surface area contributed by atoms with Crippen molar-refractivity contribution in [2.45, 2.75) is 0 Å². The number of aromatic nitrogens is 1. The van der Waals surface area contributed by atoms with Crippen molar-refractivity contribution in [3.05, 3.63) is 53.8 Å². The van der Waals surface area contributed by atoms with Crippen LogP contribution in [0.3, 0.4) is 0 Å². The standard InChI is InChI=1S/C14H10N2O2/c1-18-14(17)13-8-12(5-6-16-13)11-4-2-3-10(7-11)9-15/h2-8H,1H3/i2D,3D,4D,7D. The van der Waals surface area contributed by atoms with Crippen LogP contribution < -0.4 is 0 Å². The number of hydrogen-bond donors (Lipinski definition) is 0. The van der Waals surface area contributed by atoms with Crippen molar-refractivity contribution in [2.24, 2.45) is 0 Å². The maximum Gasteiger partial charge on any atom is 0.356 e. The van der Waals surface area contributed by atoms with Gasteiger partial charge in [0.25, 0.3) is 0 Å². The van der Waals surface area contributed by atoms with Crippen LogP contribution in [0, 0.1) is 11.3 Å². The number of benzene rings is 1. The molecule has 1 aromatic heterocycles. The summed E-state index contributed by atoms with van der Waals surface area (Å²) in [7, 11) is 1.20.